The molecule has 0 saturated heterocycles. The first-order valence-electron chi connectivity index (χ1n) is 5.51. The van der Waals surface area contributed by atoms with Gasteiger partial charge in [0.1, 0.15) is 0 Å². The van der Waals surface area contributed by atoms with Crippen LogP contribution in [0.1, 0.15) is 0 Å². The quantitative estimate of drug-likeness (QED) is 0.689. The molecule has 2 N–H and O–H groups in total. The Bertz CT molecular complexity index is 678. The van der Waals surface area contributed by atoms with Gasteiger partial charge in [0.2, 0.25) is 0 Å². The lowest BCUT2D eigenvalue weighted by Crippen LogP contribution is -2.26. The third-order valence-electron chi connectivity index (χ3n) is 2.79. The van der Waals surface area contributed by atoms with Gasteiger partial charge in [0.25, 0.3) is 0 Å². The summed E-state index contributed by atoms with van der Waals surface area (Å²) in [6.07, 6.45) is 0. The molecule has 0 bridgehead atoms. The van der Waals surface area contributed by atoms with Gasteiger partial charge in [-0.1, -0.05) is 0 Å². The molecule has 1 aromatic heterocycles. The maximum Gasteiger partial charge on any atom is 0.329 e. The van der Waals surface area contributed by atoms with Gasteiger partial charge < -0.3 is 10.2 Å². The van der Waals surface area contributed by atoms with Gasteiger partial charge >= 0.3 is 5.69 Å². The van der Waals surface area contributed by atoms with Crippen molar-refractivity contribution in [3.05, 3.63) is 30.0 Å². The van der Waals surface area contributed by atoms with E-state index < -0.39 is 0 Å². The first kappa shape index (κ1) is 15.2. The molecular weight excluding hydrogens is 448 g/mol. The van der Waals surface area contributed by atoms with E-state index in [0.717, 1.165) is 13.4 Å². The molecule has 0 saturated carbocycles. The molecular formula is C11H11Br3N2O3. The molecule has 1 heterocycles. The first-order chi connectivity index (χ1) is 9.02. The Morgan fingerprint density at radius 2 is 1.58 bits per heavy atom. The summed E-state index contributed by atoms with van der Waals surface area (Å²) in [7, 11) is 0. The van der Waals surface area contributed by atoms with E-state index in [1.807, 2.05) is 6.07 Å². The Morgan fingerprint density at radius 3 is 2.16 bits per heavy atom. The summed E-state index contributed by atoms with van der Waals surface area (Å²) in [6, 6.07) is 1.81. The summed E-state index contributed by atoms with van der Waals surface area (Å²) in [5.74, 6) is 0. The predicted octanol–water partition coefficient (Wildman–Crippen LogP) is 2.08. The summed E-state index contributed by atoms with van der Waals surface area (Å²) >= 11 is 10.3. The predicted molar refractivity (Wildman–Crippen MR) is 83.5 cm³/mol. The van der Waals surface area contributed by atoms with Crippen LogP contribution >= 0.6 is 47.8 Å². The van der Waals surface area contributed by atoms with Gasteiger partial charge in [0.15, 0.2) is 0 Å². The summed E-state index contributed by atoms with van der Waals surface area (Å²) in [4.78, 5) is 12.3. The number of aromatic nitrogens is 2. The van der Waals surface area contributed by atoms with Crippen molar-refractivity contribution in [3.63, 3.8) is 0 Å². The molecule has 1 aromatic carbocycles. The number of hydrogen-bond acceptors (Lipinski definition) is 3. The van der Waals surface area contributed by atoms with Crippen LogP contribution in [-0.4, -0.2) is 32.6 Å². The molecule has 0 aliphatic heterocycles. The van der Waals surface area contributed by atoms with Gasteiger partial charge in [-0.05, 0) is 53.9 Å². The highest BCUT2D eigenvalue weighted by Crippen LogP contribution is 2.37. The molecule has 19 heavy (non-hydrogen) atoms. The average molecular weight is 459 g/mol. The molecule has 0 unspecified atom stereocenters. The van der Waals surface area contributed by atoms with E-state index in [4.69, 9.17) is 10.2 Å². The topological polar surface area (TPSA) is 67.4 Å². The number of halogens is 3. The smallest absolute Gasteiger partial charge is 0.329 e. The molecule has 0 fully saturated rings. The summed E-state index contributed by atoms with van der Waals surface area (Å²) < 4.78 is 5.32. The minimum Gasteiger partial charge on any atom is -0.395 e. The van der Waals surface area contributed by atoms with E-state index in [-0.39, 0.29) is 32.0 Å². The van der Waals surface area contributed by atoms with Crippen molar-refractivity contribution in [2.75, 3.05) is 13.2 Å². The number of hydrogen-bond donors (Lipinski definition) is 2. The lowest BCUT2D eigenvalue weighted by atomic mass is 10.3. The number of aliphatic hydroxyl groups excluding tert-OH is 2. The Labute approximate surface area is 134 Å². The van der Waals surface area contributed by atoms with Gasteiger partial charge in [-0.25, -0.2) is 4.79 Å². The zero-order chi connectivity index (χ0) is 14.2. The maximum absolute atomic E-state index is 12.3. The second kappa shape index (κ2) is 6.09. The highest BCUT2D eigenvalue weighted by molar-refractivity contribution is 9.14. The van der Waals surface area contributed by atoms with E-state index >= 15 is 0 Å². The Kier molecular flexibility index (Phi) is 4.88. The van der Waals surface area contributed by atoms with Gasteiger partial charge in [-0.15, -0.1) is 0 Å². The average Bonchev–Trinajstić information content (AvgIpc) is 2.63. The number of nitrogens with zero attached hydrogens (tertiary/aromatic N) is 2. The molecule has 5 nitrogen and oxygen atoms in total. The van der Waals surface area contributed by atoms with Gasteiger partial charge in [0.05, 0.1) is 41.8 Å². The molecule has 2 rings (SSSR count). The molecule has 8 heteroatoms. The van der Waals surface area contributed by atoms with Crippen molar-refractivity contribution >= 4 is 58.8 Å². The zero-order valence-electron chi connectivity index (χ0n) is 9.74. The molecule has 0 atom stereocenters. The van der Waals surface area contributed by atoms with Crippen molar-refractivity contribution in [2.45, 2.75) is 13.1 Å². The largest absolute Gasteiger partial charge is 0.395 e. The molecule has 0 spiro atoms. The monoisotopic (exact) mass is 456 g/mol. The van der Waals surface area contributed by atoms with Crippen LogP contribution in [-0.2, 0) is 13.1 Å². The van der Waals surface area contributed by atoms with E-state index in [9.17, 15) is 4.79 Å². The molecule has 0 aliphatic rings. The maximum atomic E-state index is 12.3. The summed E-state index contributed by atoms with van der Waals surface area (Å²) in [6.45, 7) is 0.177. The fourth-order valence-corrected chi connectivity index (χ4v) is 3.62. The van der Waals surface area contributed by atoms with Gasteiger partial charge in [-0.3, -0.25) is 9.13 Å². The van der Waals surface area contributed by atoms with Gasteiger partial charge in [0, 0.05) is 8.95 Å². The highest BCUT2D eigenvalue weighted by atomic mass is 79.9. The number of imidazole rings is 1. The van der Waals surface area contributed by atoms with Crippen LogP contribution in [0.2, 0.25) is 0 Å². The van der Waals surface area contributed by atoms with Crippen LogP contribution in [0.3, 0.4) is 0 Å². The molecule has 2 aromatic rings. The SMILES string of the molecule is O=c1n(CCO)c2cc(Br)c(Br)c(Br)c2n1CCO. The summed E-state index contributed by atoms with van der Waals surface area (Å²) in [5.41, 5.74) is 1.15. The van der Waals surface area contributed by atoms with Crippen LogP contribution in [0.15, 0.2) is 24.3 Å². The lowest BCUT2D eigenvalue weighted by molar-refractivity contribution is 0.268. The number of aliphatic hydroxyl groups is 2. The number of benzene rings is 1. The number of fused-ring (bicyclic) bond motifs is 1. The Hall–Kier alpha value is -0.150. The van der Waals surface area contributed by atoms with E-state index in [0.29, 0.717) is 11.0 Å². The van der Waals surface area contributed by atoms with Crippen LogP contribution in [0.25, 0.3) is 11.0 Å². The van der Waals surface area contributed by atoms with E-state index in [1.54, 1.807) is 0 Å². The minimum absolute atomic E-state index is 0.122. The lowest BCUT2D eigenvalue weighted by Gasteiger charge is -2.06. The van der Waals surface area contributed by atoms with Crippen LogP contribution in [0.5, 0.6) is 0 Å². The van der Waals surface area contributed by atoms with Crippen molar-refractivity contribution in [1.29, 1.82) is 0 Å². The fraction of sp³-hybridized carbons (Fsp3) is 0.364. The van der Waals surface area contributed by atoms with Crippen molar-refractivity contribution < 1.29 is 10.2 Å². The molecule has 0 radical (unpaired) electrons. The van der Waals surface area contributed by atoms with Crippen LogP contribution in [0, 0.1) is 0 Å². The third kappa shape index (κ3) is 2.56. The van der Waals surface area contributed by atoms with Crippen molar-refractivity contribution in [1.82, 2.24) is 9.13 Å². The minimum atomic E-state index is -0.246. The van der Waals surface area contributed by atoms with E-state index in [1.165, 1.54) is 9.13 Å². The van der Waals surface area contributed by atoms with Gasteiger partial charge in [-0.2, -0.15) is 0 Å². The first-order valence-corrected chi connectivity index (χ1v) is 7.89. The Balaban J connectivity index is 2.90. The van der Waals surface area contributed by atoms with Crippen LogP contribution in [0.4, 0.5) is 0 Å². The highest BCUT2D eigenvalue weighted by Gasteiger charge is 2.18. The number of rotatable bonds is 4. The molecule has 0 amide bonds. The zero-order valence-corrected chi connectivity index (χ0v) is 14.5. The standard InChI is InChI=1S/C11H11Br3N2O3/c12-6-5-7-10(9(14)8(6)13)16(2-4-18)11(19)15(7)1-3-17/h5,17-18H,1-4H2. The third-order valence-corrected chi connectivity index (χ3v) is 6.07. The Morgan fingerprint density at radius 1 is 1.00 bits per heavy atom. The van der Waals surface area contributed by atoms with E-state index in [2.05, 4.69) is 47.8 Å². The fourth-order valence-electron chi connectivity index (χ4n) is 2.00. The second-order valence-electron chi connectivity index (χ2n) is 3.89. The second-order valence-corrected chi connectivity index (χ2v) is 6.33. The van der Waals surface area contributed by atoms with Crippen molar-refractivity contribution in [3.8, 4) is 0 Å². The summed E-state index contributed by atoms with van der Waals surface area (Å²) in [5, 5.41) is 18.2. The van der Waals surface area contributed by atoms with Crippen molar-refractivity contribution in [2.24, 2.45) is 0 Å². The normalized spacial score (nSPS) is 11.4. The molecule has 104 valence electrons. The van der Waals surface area contributed by atoms with Crippen LogP contribution < -0.4 is 5.69 Å². The molecule has 0 aliphatic carbocycles.